The molecule has 1 aromatic carbocycles. The lowest BCUT2D eigenvalue weighted by atomic mass is 9.96. The first kappa shape index (κ1) is 20.5. The second-order valence-electron chi connectivity index (χ2n) is 7.73. The van der Waals surface area contributed by atoms with E-state index in [1.807, 2.05) is 37.3 Å². The molecule has 1 aliphatic rings. The minimum absolute atomic E-state index is 0.00672. The maximum atomic E-state index is 12.4. The van der Waals surface area contributed by atoms with E-state index in [-0.39, 0.29) is 18.1 Å². The number of rotatable bonds is 6. The largest absolute Gasteiger partial charge is 0.387 e. The fraction of sp³-hybridized carbons (Fsp3) is 0.429. The fourth-order valence-corrected chi connectivity index (χ4v) is 3.98. The zero-order chi connectivity index (χ0) is 21.5. The number of aliphatic hydroxyl groups excluding tert-OH is 1. The smallest absolute Gasteiger partial charge is 0.262 e. The number of nitrogens with two attached hydrogens (primary N) is 1. The normalized spacial score (nSPS) is 26.5. The van der Waals surface area contributed by atoms with E-state index in [0.29, 0.717) is 17.6 Å². The molecular formula is C21H26N4O5. The van der Waals surface area contributed by atoms with E-state index in [1.54, 1.807) is 17.7 Å². The van der Waals surface area contributed by atoms with E-state index >= 15 is 0 Å². The molecule has 0 radical (unpaired) electrons. The van der Waals surface area contributed by atoms with Gasteiger partial charge in [0.15, 0.2) is 11.9 Å². The molecule has 1 saturated heterocycles. The summed E-state index contributed by atoms with van der Waals surface area (Å²) in [6.45, 7) is 4.15. The average Bonchev–Trinajstić information content (AvgIpc) is 3.18. The molecule has 4 atom stereocenters. The number of ether oxygens (including phenoxy) is 3. The van der Waals surface area contributed by atoms with Crippen LogP contribution >= 0.6 is 0 Å². The number of benzene rings is 1. The highest BCUT2D eigenvalue weighted by Gasteiger charge is 2.55. The van der Waals surface area contributed by atoms with Crippen molar-refractivity contribution in [2.24, 2.45) is 0 Å². The topological polar surface area (TPSA) is 125 Å². The van der Waals surface area contributed by atoms with Gasteiger partial charge >= 0.3 is 0 Å². The summed E-state index contributed by atoms with van der Waals surface area (Å²) in [6.07, 6.45) is -0.553. The first-order valence-corrected chi connectivity index (χ1v) is 9.72. The van der Waals surface area contributed by atoms with Crippen molar-refractivity contribution >= 4 is 17.0 Å². The summed E-state index contributed by atoms with van der Waals surface area (Å²) in [5.41, 5.74) is 6.47. The molecule has 0 amide bonds. The number of nitrogens with zero attached hydrogens (tertiary/aromatic N) is 2. The summed E-state index contributed by atoms with van der Waals surface area (Å²) in [6, 6.07) is 9.76. The van der Waals surface area contributed by atoms with Gasteiger partial charge in [-0.3, -0.25) is 9.78 Å². The third-order valence-electron chi connectivity index (χ3n) is 5.71. The van der Waals surface area contributed by atoms with Gasteiger partial charge in [-0.25, -0.2) is 0 Å². The van der Waals surface area contributed by atoms with Gasteiger partial charge in [-0.05, 0) is 25.0 Å². The molecule has 0 saturated carbocycles. The Morgan fingerprint density at radius 2 is 2.10 bits per heavy atom. The van der Waals surface area contributed by atoms with Gasteiger partial charge < -0.3 is 29.6 Å². The highest BCUT2D eigenvalue weighted by Crippen LogP contribution is 2.42. The quantitative estimate of drug-likeness (QED) is 0.558. The Bertz CT molecular complexity index is 1100. The number of anilines is 1. The Labute approximate surface area is 173 Å². The summed E-state index contributed by atoms with van der Waals surface area (Å²) >= 11 is 0. The van der Waals surface area contributed by atoms with E-state index < -0.39 is 24.0 Å². The lowest BCUT2D eigenvalue weighted by Crippen LogP contribution is -2.46. The number of aromatic nitrogens is 3. The molecule has 2 aromatic heterocycles. The van der Waals surface area contributed by atoms with Gasteiger partial charge in [0.2, 0.25) is 5.95 Å². The fourth-order valence-electron chi connectivity index (χ4n) is 3.98. The van der Waals surface area contributed by atoms with Gasteiger partial charge in [0.1, 0.15) is 17.8 Å². The summed E-state index contributed by atoms with van der Waals surface area (Å²) in [7, 11) is 1.51. The van der Waals surface area contributed by atoms with E-state index in [9.17, 15) is 9.90 Å². The van der Waals surface area contributed by atoms with E-state index in [4.69, 9.17) is 19.9 Å². The Balaban J connectivity index is 1.62. The van der Waals surface area contributed by atoms with Crippen molar-refractivity contribution in [1.82, 2.24) is 14.5 Å². The number of H-pyrrole nitrogens is 1. The molecule has 30 heavy (non-hydrogen) atoms. The number of hydrogen-bond donors (Lipinski definition) is 3. The molecule has 1 fully saturated rings. The first-order valence-electron chi connectivity index (χ1n) is 9.72. The molecule has 0 aliphatic carbocycles. The molecule has 3 aromatic rings. The zero-order valence-corrected chi connectivity index (χ0v) is 17.2. The standard InChI is InChI=1S/C21H26N4O5/c1-12-9-25(17-15(12)18(27)24-20(22)23-17)19-21(2,28-3)16(26)14(30-19)11-29-10-13-7-5-4-6-8-13/h4-9,14,16,19,26H,10-11H2,1-3H3,(H3,22,23,24,27)/t14-,16-,19-,21-/m1/s1. The summed E-state index contributed by atoms with van der Waals surface area (Å²) in [5.74, 6) is 0.00672. The van der Waals surface area contributed by atoms with Crippen LogP contribution in [0, 0.1) is 6.92 Å². The second kappa shape index (κ2) is 7.84. The Hall–Kier alpha value is -2.72. The van der Waals surface area contributed by atoms with Crippen LogP contribution < -0.4 is 11.3 Å². The van der Waals surface area contributed by atoms with Crippen LogP contribution in [0.1, 0.15) is 24.3 Å². The molecule has 160 valence electrons. The van der Waals surface area contributed by atoms with Crippen molar-refractivity contribution < 1.29 is 19.3 Å². The molecular weight excluding hydrogens is 388 g/mol. The van der Waals surface area contributed by atoms with Crippen molar-refractivity contribution in [1.29, 1.82) is 0 Å². The Morgan fingerprint density at radius 3 is 2.80 bits per heavy atom. The van der Waals surface area contributed by atoms with Crippen molar-refractivity contribution in [3.8, 4) is 0 Å². The monoisotopic (exact) mass is 414 g/mol. The highest BCUT2D eigenvalue weighted by atomic mass is 16.6. The van der Waals surface area contributed by atoms with Crippen molar-refractivity contribution in [2.75, 3.05) is 19.5 Å². The van der Waals surface area contributed by atoms with Crippen LogP contribution in [0.25, 0.3) is 11.0 Å². The number of fused-ring (bicyclic) bond motifs is 1. The van der Waals surface area contributed by atoms with Gasteiger partial charge in [-0.2, -0.15) is 4.98 Å². The Morgan fingerprint density at radius 1 is 1.37 bits per heavy atom. The van der Waals surface area contributed by atoms with Gasteiger partial charge in [-0.1, -0.05) is 30.3 Å². The van der Waals surface area contributed by atoms with Gasteiger partial charge in [0.05, 0.1) is 18.6 Å². The lowest BCUT2D eigenvalue weighted by molar-refractivity contribution is -0.119. The zero-order valence-electron chi connectivity index (χ0n) is 17.2. The predicted molar refractivity (Wildman–Crippen MR) is 111 cm³/mol. The van der Waals surface area contributed by atoms with Crippen LogP contribution in [0.3, 0.4) is 0 Å². The van der Waals surface area contributed by atoms with E-state index in [2.05, 4.69) is 9.97 Å². The number of nitrogen functional groups attached to an aromatic ring is 1. The number of aromatic amines is 1. The van der Waals surface area contributed by atoms with Gasteiger partial charge in [0, 0.05) is 13.3 Å². The number of aliphatic hydroxyl groups is 1. The number of methoxy groups -OCH3 is 1. The molecule has 9 heteroatoms. The summed E-state index contributed by atoms with van der Waals surface area (Å²) in [5, 5.41) is 11.4. The molecule has 4 rings (SSSR count). The van der Waals surface area contributed by atoms with Crippen LogP contribution in [-0.4, -0.2) is 51.2 Å². The van der Waals surface area contributed by atoms with Crippen molar-refractivity contribution in [2.45, 2.75) is 44.5 Å². The molecule has 4 N–H and O–H groups in total. The number of hydrogen-bond acceptors (Lipinski definition) is 7. The van der Waals surface area contributed by atoms with Crippen LogP contribution in [-0.2, 0) is 20.8 Å². The van der Waals surface area contributed by atoms with E-state index in [1.165, 1.54) is 7.11 Å². The Kier molecular flexibility index (Phi) is 5.37. The lowest BCUT2D eigenvalue weighted by Gasteiger charge is -2.32. The molecule has 9 nitrogen and oxygen atoms in total. The predicted octanol–water partition coefficient (Wildman–Crippen LogP) is 1.50. The van der Waals surface area contributed by atoms with Crippen LogP contribution in [0.5, 0.6) is 0 Å². The summed E-state index contributed by atoms with van der Waals surface area (Å²) < 4.78 is 19.4. The molecule has 0 bridgehead atoms. The first-order chi connectivity index (χ1) is 14.3. The molecule has 1 aliphatic heterocycles. The second-order valence-corrected chi connectivity index (χ2v) is 7.73. The SMILES string of the molecule is CO[C@]1(C)[C@H](O)[C@@H](COCc2ccccc2)O[C@H]1n1cc(C)c2c(=O)[nH]c(N)nc21. The maximum Gasteiger partial charge on any atom is 0.262 e. The molecule has 0 spiro atoms. The number of nitrogens with one attached hydrogen (secondary N) is 1. The summed E-state index contributed by atoms with van der Waals surface area (Å²) in [4.78, 5) is 19.2. The highest BCUT2D eigenvalue weighted by molar-refractivity contribution is 5.80. The van der Waals surface area contributed by atoms with Crippen molar-refractivity contribution in [3.05, 3.63) is 58.0 Å². The average molecular weight is 414 g/mol. The van der Waals surface area contributed by atoms with Crippen LogP contribution in [0.15, 0.2) is 41.3 Å². The van der Waals surface area contributed by atoms with Crippen LogP contribution in [0.2, 0.25) is 0 Å². The third kappa shape index (κ3) is 3.39. The van der Waals surface area contributed by atoms with Crippen molar-refractivity contribution in [3.63, 3.8) is 0 Å². The molecule has 0 unspecified atom stereocenters. The van der Waals surface area contributed by atoms with Crippen LogP contribution in [0.4, 0.5) is 5.95 Å². The maximum absolute atomic E-state index is 12.4. The minimum atomic E-state index is -1.09. The van der Waals surface area contributed by atoms with E-state index in [0.717, 1.165) is 11.1 Å². The number of aryl methyl sites for hydroxylation is 1. The van der Waals surface area contributed by atoms with Gasteiger partial charge in [-0.15, -0.1) is 0 Å². The molecule has 3 heterocycles. The van der Waals surface area contributed by atoms with Gasteiger partial charge in [0.25, 0.3) is 5.56 Å². The minimum Gasteiger partial charge on any atom is -0.387 e. The third-order valence-corrected chi connectivity index (χ3v) is 5.71.